The molecule has 15 heavy (non-hydrogen) atoms. The van der Waals surface area contributed by atoms with Crippen molar-refractivity contribution in [3.05, 3.63) is 0 Å². The highest BCUT2D eigenvalue weighted by Crippen LogP contribution is 2.08. The lowest BCUT2D eigenvalue weighted by Crippen LogP contribution is -2.40. The molecule has 1 saturated heterocycles. The first-order chi connectivity index (χ1) is 7.33. The molecule has 4 nitrogen and oxygen atoms in total. The number of likely N-dealkylation sites (tertiary alicyclic amines) is 1. The van der Waals surface area contributed by atoms with Gasteiger partial charge < -0.3 is 20.1 Å². The largest absolute Gasteiger partial charge is 0.382 e. The zero-order chi connectivity index (χ0) is 10.9. The number of hydrogen-bond acceptors (Lipinski definition) is 4. The lowest BCUT2D eigenvalue weighted by atomic mass is 10.1. The van der Waals surface area contributed by atoms with Crippen LogP contribution < -0.4 is 5.73 Å². The molecule has 2 N–H and O–H groups in total. The minimum absolute atomic E-state index is 0.430. The van der Waals surface area contributed by atoms with E-state index in [0.29, 0.717) is 19.3 Å². The Balaban J connectivity index is 1.87. The molecule has 1 rings (SSSR count). The summed E-state index contributed by atoms with van der Waals surface area (Å²) in [4.78, 5) is 2.48. The molecular weight excluding hydrogens is 192 g/mol. The monoisotopic (exact) mass is 216 g/mol. The highest BCUT2D eigenvalue weighted by molar-refractivity contribution is 4.73. The van der Waals surface area contributed by atoms with Crippen molar-refractivity contribution in [3.63, 3.8) is 0 Å². The topological polar surface area (TPSA) is 47.7 Å². The number of rotatable bonds is 7. The molecule has 0 unspecified atom stereocenters. The zero-order valence-corrected chi connectivity index (χ0v) is 9.78. The Hall–Kier alpha value is -0.160. The molecule has 1 aliphatic rings. The maximum absolute atomic E-state index is 5.84. The second-order valence-electron chi connectivity index (χ2n) is 4.14. The van der Waals surface area contributed by atoms with Gasteiger partial charge in [-0.1, -0.05) is 0 Å². The summed E-state index contributed by atoms with van der Waals surface area (Å²) in [6.45, 7) is 5.68. The molecule has 4 heteroatoms. The summed E-state index contributed by atoms with van der Waals surface area (Å²) < 4.78 is 10.3. The molecule has 0 saturated carbocycles. The molecule has 0 aliphatic carbocycles. The number of methoxy groups -OCH3 is 1. The Morgan fingerprint density at radius 3 is 2.60 bits per heavy atom. The van der Waals surface area contributed by atoms with E-state index in [1.54, 1.807) is 7.11 Å². The fraction of sp³-hybridized carbons (Fsp3) is 1.00. The third kappa shape index (κ3) is 6.10. The highest BCUT2D eigenvalue weighted by atomic mass is 16.5. The molecule has 0 spiro atoms. The molecule has 90 valence electrons. The number of ether oxygens (including phenoxy) is 2. The van der Waals surface area contributed by atoms with Gasteiger partial charge in [0.25, 0.3) is 0 Å². The summed E-state index contributed by atoms with van der Waals surface area (Å²) >= 11 is 0. The van der Waals surface area contributed by atoms with Gasteiger partial charge in [-0.3, -0.25) is 0 Å². The number of piperidine rings is 1. The van der Waals surface area contributed by atoms with Crippen LogP contribution in [0.15, 0.2) is 0 Å². The van der Waals surface area contributed by atoms with Crippen LogP contribution in [0, 0.1) is 0 Å². The van der Waals surface area contributed by atoms with Gasteiger partial charge in [-0.2, -0.15) is 0 Å². The molecule has 0 aromatic rings. The second-order valence-corrected chi connectivity index (χ2v) is 4.14. The van der Waals surface area contributed by atoms with E-state index in [-0.39, 0.29) is 0 Å². The molecule has 0 aromatic carbocycles. The van der Waals surface area contributed by atoms with Gasteiger partial charge in [0.15, 0.2) is 0 Å². The van der Waals surface area contributed by atoms with Gasteiger partial charge in [0.2, 0.25) is 0 Å². The minimum Gasteiger partial charge on any atom is -0.382 e. The number of nitrogens with zero attached hydrogens (tertiary/aromatic N) is 1. The highest BCUT2D eigenvalue weighted by Gasteiger charge is 2.14. The average Bonchev–Trinajstić information content (AvgIpc) is 2.26. The molecule has 0 bridgehead atoms. The van der Waals surface area contributed by atoms with Crippen LogP contribution in [-0.2, 0) is 9.47 Å². The SMILES string of the molecule is COCCOCCCN1CCC(N)CC1. The van der Waals surface area contributed by atoms with Crippen LogP contribution >= 0.6 is 0 Å². The summed E-state index contributed by atoms with van der Waals surface area (Å²) in [5.41, 5.74) is 5.84. The van der Waals surface area contributed by atoms with Crippen LogP contribution in [0.1, 0.15) is 19.3 Å². The fourth-order valence-corrected chi connectivity index (χ4v) is 1.81. The molecule has 0 aromatic heterocycles. The van der Waals surface area contributed by atoms with Crippen LogP contribution in [0.25, 0.3) is 0 Å². The Kier molecular flexibility index (Phi) is 6.92. The Morgan fingerprint density at radius 2 is 1.93 bits per heavy atom. The van der Waals surface area contributed by atoms with E-state index in [1.165, 1.54) is 0 Å². The third-order valence-corrected chi connectivity index (χ3v) is 2.83. The van der Waals surface area contributed by atoms with Crippen LogP contribution in [0.2, 0.25) is 0 Å². The van der Waals surface area contributed by atoms with E-state index < -0.39 is 0 Å². The molecule has 1 aliphatic heterocycles. The Bertz CT molecular complexity index is 148. The summed E-state index contributed by atoms with van der Waals surface area (Å²) in [6.07, 6.45) is 3.40. The second kappa shape index (κ2) is 8.05. The first-order valence-corrected chi connectivity index (χ1v) is 5.87. The summed E-state index contributed by atoms with van der Waals surface area (Å²) in [5, 5.41) is 0. The quantitative estimate of drug-likeness (QED) is 0.628. The van der Waals surface area contributed by atoms with Crippen LogP contribution in [-0.4, -0.2) is 57.5 Å². The minimum atomic E-state index is 0.430. The predicted molar refractivity (Wildman–Crippen MR) is 61.0 cm³/mol. The van der Waals surface area contributed by atoms with Crippen LogP contribution in [0.5, 0.6) is 0 Å². The molecule has 1 heterocycles. The van der Waals surface area contributed by atoms with Gasteiger partial charge in [-0.05, 0) is 32.4 Å². The van der Waals surface area contributed by atoms with Crippen molar-refractivity contribution in [2.24, 2.45) is 5.73 Å². The first-order valence-electron chi connectivity index (χ1n) is 5.87. The molecule has 1 fully saturated rings. The van der Waals surface area contributed by atoms with Crippen LogP contribution in [0.3, 0.4) is 0 Å². The maximum Gasteiger partial charge on any atom is 0.0700 e. The van der Waals surface area contributed by atoms with Crippen molar-refractivity contribution in [2.75, 3.05) is 46.6 Å². The van der Waals surface area contributed by atoms with Gasteiger partial charge in [0.05, 0.1) is 13.2 Å². The van der Waals surface area contributed by atoms with Crippen molar-refractivity contribution in [1.29, 1.82) is 0 Å². The van der Waals surface area contributed by atoms with E-state index in [0.717, 1.165) is 45.5 Å². The molecule has 0 amide bonds. The van der Waals surface area contributed by atoms with Gasteiger partial charge in [-0.15, -0.1) is 0 Å². The first kappa shape index (κ1) is 12.9. The van der Waals surface area contributed by atoms with Crippen LogP contribution in [0.4, 0.5) is 0 Å². The smallest absolute Gasteiger partial charge is 0.0700 e. The lowest BCUT2D eigenvalue weighted by Gasteiger charge is -2.29. The Labute approximate surface area is 92.7 Å². The van der Waals surface area contributed by atoms with Gasteiger partial charge in [-0.25, -0.2) is 0 Å². The number of nitrogens with two attached hydrogens (primary N) is 1. The van der Waals surface area contributed by atoms with E-state index >= 15 is 0 Å². The van der Waals surface area contributed by atoms with Crippen molar-refractivity contribution >= 4 is 0 Å². The average molecular weight is 216 g/mol. The maximum atomic E-state index is 5.84. The number of hydrogen-bond donors (Lipinski definition) is 1. The van der Waals surface area contributed by atoms with E-state index in [9.17, 15) is 0 Å². The predicted octanol–water partition coefficient (Wildman–Crippen LogP) is 0.463. The molecule has 0 radical (unpaired) electrons. The Morgan fingerprint density at radius 1 is 1.20 bits per heavy atom. The zero-order valence-electron chi connectivity index (χ0n) is 9.78. The third-order valence-electron chi connectivity index (χ3n) is 2.83. The van der Waals surface area contributed by atoms with Gasteiger partial charge in [0, 0.05) is 26.3 Å². The van der Waals surface area contributed by atoms with E-state index in [1.807, 2.05) is 0 Å². The van der Waals surface area contributed by atoms with Crippen molar-refractivity contribution < 1.29 is 9.47 Å². The van der Waals surface area contributed by atoms with Gasteiger partial charge in [0.1, 0.15) is 0 Å². The van der Waals surface area contributed by atoms with Crippen molar-refractivity contribution in [3.8, 4) is 0 Å². The van der Waals surface area contributed by atoms with E-state index in [4.69, 9.17) is 15.2 Å². The lowest BCUT2D eigenvalue weighted by molar-refractivity contribution is 0.0639. The standard InChI is InChI=1S/C11H24N2O2/c1-14-9-10-15-8-2-5-13-6-3-11(12)4-7-13/h11H,2-10,12H2,1H3. The summed E-state index contributed by atoms with van der Waals surface area (Å²) in [7, 11) is 1.69. The van der Waals surface area contributed by atoms with Crippen molar-refractivity contribution in [2.45, 2.75) is 25.3 Å². The molecular formula is C11H24N2O2. The molecule has 0 atom stereocenters. The summed E-state index contributed by atoms with van der Waals surface area (Å²) in [6, 6.07) is 0.430. The van der Waals surface area contributed by atoms with Gasteiger partial charge >= 0.3 is 0 Å². The van der Waals surface area contributed by atoms with Crippen molar-refractivity contribution in [1.82, 2.24) is 4.90 Å². The fourth-order valence-electron chi connectivity index (χ4n) is 1.81. The summed E-state index contributed by atoms with van der Waals surface area (Å²) in [5.74, 6) is 0. The van der Waals surface area contributed by atoms with E-state index in [2.05, 4.69) is 4.90 Å². The normalized spacial score (nSPS) is 19.6.